The second kappa shape index (κ2) is 7.78. The van der Waals surface area contributed by atoms with Crippen LogP contribution < -0.4 is 8.85 Å². The number of hydrogen-bond acceptors (Lipinski definition) is 3. The zero-order valence-corrected chi connectivity index (χ0v) is 18.7. The van der Waals surface area contributed by atoms with Gasteiger partial charge in [0.25, 0.3) is 0 Å². The molecule has 0 radical (unpaired) electrons. The number of unbranched alkanes of at least 4 members (excludes halogenated alkanes) is 1. The first-order valence-electron chi connectivity index (χ1n) is 9.16. The summed E-state index contributed by atoms with van der Waals surface area (Å²) in [4.78, 5) is 0. The lowest BCUT2D eigenvalue weighted by molar-refractivity contribution is 0.501. The molecule has 6 heteroatoms. The fourth-order valence-electron chi connectivity index (χ4n) is 2.49. The van der Waals surface area contributed by atoms with E-state index in [4.69, 9.17) is 14.0 Å². The second-order valence-electron chi connectivity index (χ2n) is 8.37. The summed E-state index contributed by atoms with van der Waals surface area (Å²) in [5.41, 5.74) is 2.13. The van der Waals surface area contributed by atoms with Gasteiger partial charge < -0.3 is 8.85 Å². The van der Waals surface area contributed by atoms with E-state index in [9.17, 15) is 0 Å². The van der Waals surface area contributed by atoms with E-state index in [1.54, 1.807) is 0 Å². The highest BCUT2D eigenvalue weighted by molar-refractivity contribution is 6.70. The number of hydrogen-bond donors (Lipinski definition) is 0. The normalized spacial score (nSPS) is 12.3. The van der Waals surface area contributed by atoms with Crippen molar-refractivity contribution in [2.45, 2.75) is 65.5 Å². The highest BCUT2D eigenvalue weighted by Crippen LogP contribution is 2.35. The van der Waals surface area contributed by atoms with Crippen LogP contribution in [0.15, 0.2) is 30.3 Å². The molecular weight excluding hydrogens is 344 g/mol. The van der Waals surface area contributed by atoms with Gasteiger partial charge in [-0.1, -0.05) is 31.5 Å². The molecule has 0 aliphatic heterocycles. The minimum atomic E-state index is -1.78. The summed E-state index contributed by atoms with van der Waals surface area (Å²) in [6.07, 6.45) is 3.17. The zero-order chi connectivity index (χ0) is 18.7. The Morgan fingerprint density at radius 2 is 1.52 bits per heavy atom. The lowest BCUT2D eigenvalue weighted by Gasteiger charge is -2.21. The van der Waals surface area contributed by atoms with Crippen molar-refractivity contribution in [3.8, 4) is 17.4 Å². The highest BCUT2D eigenvalue weighted by atomic mass is 28.4. The average Bonchev–Trinajstić information content (AvgIpc) is 2.80. The van der Waals surface area contributed by atoms with Crippen LogP contribution in [0.1, 0.15) is 25.3 Å². The Morgan fingerprint density at radius 1 is 0.920 bits per heavy atom. The molecule has 2 rings (SSSR count). The summed E-state index contributed by atoms with van der Waals surface area (Å²) in [6.45, 7) is 15.4. The molecule has 0 N–H and O–H groups in total. The van der Waals surface area contributed by atoms with Crippen molar-refractivity contribution in [2.75, 3.05) is 0 Å². The maximum atomic E-state index is 6.49. The summed E-state index contributed by atoms with van der Waals surface area (Å²) in [7, 11) is -3.54. The molecule has 1 heterocycles. The van der Waals surface area contributed by atoms with Crippen molar-refractivity contribution in [3.63, 3.8) is 0 Å². The molecular formula is C19H32N2O2Si2. The molecule has 138 valence electrons. The number of benzene rings is 1. The van der Waals surface area contributed by atoms with Gasteiger partial charge in [0.15, 0.2) is 0 Å². The standard InChI is InChI=1S/C19H32N2O2Si2/c1-8-9-15-17-18(22-24(2,3)4)20-21(16-13-11-10-12-14-16)19(17)23-25(5,6)7/h10-14H,8-9,15H2,1-7H3. The molecule has 1 aromatic heterocycles. The maximum absolute atomic E-state index is 6.49. The second-order valence-corrected chi connectivity index (χ2v) is 17.2. The van der Waals surface area contributed by atoms with Crippen LogP contribution in [-0.4, -0.2) is 26.4 Å². The minimum absolute atomic E-state index is 0.754. The van der Waals surface area contributed by atoms with Gasteiger partial charge in [0.05, 0.1) is 11.3 Å². The third-order valence-electron chi connectivity index (χ3n) is 3.49. The van der Waals surface area contributed by atoms with Gasteiger partial charge in [0.1, 0.15) is 0 Å². The van der Waals surface area contributed by atoms with Gasteiger partial charge in [0.2, 0.25) is 28.4 Å². The molecule has 0 saturated heterocycles. The van der Waals surface area contributed by atoms with Crippen LogP contribution in [0.25, 0.3) is 5.69 Å². The largest absolute Gasteiger partial charge is 0.531 e. The quantitative estimate of drug-likeness (QED) is 0.559. The maximum Gasteiger partial charge on any atom is 0.244 e. The predicted octanol–water partition coefficient (Wildman–Crippen LogP) is 5.64. The Morgan fingerprint density at radius 3 is 2.04 bits per heavy atom. The summed E-state index contributed by atoms with van der Waals surface area (Å²) in [5.74, 6) is 1.62. The molecule has 0 saturated carbocycles. The van der Waals surface area contributed by atoms with E-state index in [1.165, 1.54) is 0 Å². The van der Waals surface area contributed by atoms with Crippen molar-refractivity contribution in [3.05, 3.63) is 35.9 Å². The van der Waals surface area contributed by atoms with E-state index in [0.717, 1.165) is 42.3 Å². The van der Waals surface area contributed by atoms with Crippen molar-refractivity contribution in [2.24, 2.45) is 0 Å². The Kier molecular flexibility index (Phi) is 6.16. The summed E-state index contributed by atoms with van der Waals surface area (Å²) in [6, 6.07) is 10.2. The molecule has 4 nitrogen and oxygen atoms in total. The van der Waals surface area contributed by atoms with Gasteiger partial charge in [-0.05, 0) is 64.3 Å². The van der Waals surface area contributed by atoms with Crippen molar-refractivity contribution >= 4 is 16.6 Å². The smallest absolute Gasteiger partial charge is 0.244 e. The van der Waals surface area contributed by atoms with Crippen LogP contribution in [0.5, 0.6) is 11.8 Å². The lowest BCUT2D eigenvalue weighted by atomic mass is 10.1. The molecule has 0 fully saturated rings. The fourth-order valence-corrected chi connectivity index (χ4v) is 4.03. The first-order chi connectivity index (χ1) is 11.6. The van der Waals surface area contributed by atoms with Gasteiger partial charge >= 0.3 is 0 Å². The monoisotopic (exact) mass is 376 g/mol. The molecule has 0 spiro atoms. The van der Waals surface area contributed by atoms with Crippen LogP contribution in [-0.2, 0) is 6.42 Å². The SMILES string of the molecule is CCCCc1c(O[Si](C)(C)C)nn(-c2ccccc2)c1O[Si](C)(C)C. The van der Waals surface area contributed by atoms with Gasteiger partial charge in [-0.15, -0.1) is 5.10 Å². The Bertz CT molecular complexity index is 686. The fraction of sp³-hybridized carbons (Fsp3) is 0.526. The number of nitrogens with zero attached hydrogens (tertiary/aromatic N) is 2. The Hall–Kier alpha value is -1.54. The topological polar surface area (TPSA) is 36.3 Å². The molecule has 25 heavy (non-hydrogen) atoms. The van der Waals surface area contributed by atoms with Gasteiger partial charge in [-0.25, -0.2) is 0 Å². The molecule has 0 atom stereocenters. The molecule has 0 unspecified atom stereocenters. The van der Waals surface area contributed by atoms with Gasteiger partial charge in [0, 0.05) is 0 Å². The summed E-state index contributed by atoms with van der Waals surface area (Å²) < 4.78 is 14.7. The third kappa shape index (κ3) is 5.75. The molecule has 0 aliphatic carbocycles. The summed E-state index contributed by atoms with van der Waals surface area (Å²) in [5, 5.41) is 4.83. The number of aromatic nitrogens is 2. The number of para-hydroxylation sites is 1. The van der Waals surface area contributed by atoms with E-state index in [1.807, 2.05) is 22.9 Å². The van der Waals surface area contributed by atoms with Crippen molar-refractivity contribution in [1.29, 1.82) is 0 Å². The molecule has 0 aliphatic rings. The minimum Gasteiger partial charge on any atom is -0.531 e. The third-order valence-corrected chi connectivity index (χ3v) is 5.10. The van der Waals surface area contributed by atoms with Gasteiger partial charge in [-0.2, -0.15) is 4.68 Å². The Balaban J connectivity index is 2.59. The van der Waals surface area contributed by atoms with Crippen molar-refractivity contribution in [1.82, 2.24) is 9.78 Å². The van der Waals surface area contributed by atoms with Gasteiger partial charge in [-0.3, -0.25) is 0 Å². The van der Waals surface area contributed by atoms with Crippen LogP contribution in [0.3, 0.4) is 0 Å². The van der Waals surface area contributed by atoms with Crippen LogP contribution in [0.4, 0.5) is 0 Å². The lowest BCUT2D eigenvalue weighted by Crippen LogP contribution is -2.31. The molecule has 0 bridgehead atoms. The summed E-state index contributed by atoms with van der Waals surface area (Å²) >= 11 is 0. The first kappa shape index (κ1) is 19.8. The number of rotatable bonds is 8. The van der Waals surface area contributed by atoms with E-state index in [2.05, 4.69) is 58.3 Å². The van der Waals surface area contributed by atoms with E-state index in [0.29, 0.717) is 0 Å². The van der Waals surface area contributed by atoms with Crippen LogP contribution in [0.2, 0.25) is 39.3 Å². The highest BCUT2D eigenvalue weighted by Gasteiger charge is 2.29. The zero-order valence-electron chi connectivity index (χ0n) is 16.7. The predicted molar refractivity (Wildman–Crippen MR) is 110 cm³/mol. The van der Waals surface area contributed by atoms with E-state index in [-0.39, 0.29) is 0 Å². The van der Waals surface area contributed by atoms with Crippen LogP contribution >= 0.6 is 0 Å². The molecule has 2 aromatic rings. The average molecular weight is 377 g/mol. The van der Waals surface area contributed by atoms with Crippen LogP contribution in [0, 0.1) is 0 Å². The molecule has 1 aromatic carbocycles. The Labute approximate surface area is 154 Å². The molecule has 0 amide bonds. The van der Waals surface area contributed by atoms with E-state index >= 15 is 0 Å². The first-order valence-corrected chi connectivity index (χ1v) is 16.0. The van der Waals surface area contributed by atoms with E-state index < -0.39 is 16.6 Å². The van der Waals surface area contributed by atoms with Crippen molar-refractivity contribution < 1.29 is 8.85 Å².